The van der Waals surface area contributed by atoms with E-state index in [2.05, 4.69) is 14.9 Å². The molecule has 1 atom stereocenters. The molecule has 1 aromatic heterocycles. The molecule has 0 bridgehead atoms. The van der Waals surface area contributed by atoms with Crippen molar-refractivity contribution in [3.63, 3.8) is 0 Å². The molecule has 1 aliphatic rings. The molecule has 1 saturated heterocycles. The Morgan fingerprint density at radius 3 is 3.00 bits per heavy atom. The Labute approximate surface area is 121 Å². The molecule has 0 spiro atoms. The van der Waals surface area contributed by atoms with Crippen molar-refractivity contribution in [2.24, 2.45) is 11.7 Å². The number of aromatic nitrogens is 2. The van der Waals surface area contributed by atoms with E-state index in [1.54, 1.807) is 6.07 Å². The minimum Gasteiger partial charge on any atom is -0.342 e. The quantitative estimate of drug-likeness (QED) is 0.663. The summed E-state index contributed by atoms with van der Waals surface area (Å²) >= 11 is 0. The number of rotatable bonds is 3. The van der Waals surface area contributed by atoms with Gasteiger partial charge in [-0.25, -0.2) is 4.98 Å². The average Bonchev–Trinajstić information content (AvgIpc) is 3.03. The molecule has 1 aliphatic heterocycles. The molecule has 2 aromatic rings. The van der Waals surface area contributed by atoms with E-state index in [9.17, 15) is 10.1 Å². The predicted octanol–water partition coefficient (Wildman–Crippen LogP) is 1.68. The third kappa shape index (κ3) is 2.54. The van der Waals surface area contributed by atoms with Crippen molar-refractivity contribution < 1.29 is 4.92 Å². The number of non-ortho nitro benzene ring substituents is 1. The Morgan fingerprint density at radius 2 is 2.35 bits per heavy atom. The van der Waals surface area contributed by atoms with Crippen molar-refractivity contribution in [2.75, 3.05) is 24.5 Å². The van der Waals surface area contributed by atoms with Crippen molar-refractivity contribution in [1.82, 2.24) is 9.97 Å². The number of nitro benzene ring substituents is 1. The van der Waals surface area contributed by atoms with Crippen LogP contribution < -0.4 is 10.6 Å². The highest BCUT2D eigenvalue weighted by molar-refractivity contribution is 5.85. The van der Waals surface area contributed by atoms with Crippen molar-refractivity contribution in [3.8, 4) is 0 Å². The first kappa shape index (κ1) is 14.5. The largest absolute Gasteiger partial charge is 0.342 e. The minimum absolute atomic E-state index is 0. The summed E-state index contributed by atoms with van der Waals surface area (Å²) in [5, 5.41) is 10.7. The highest BCUT2D eigenvalue weighted by atomic mass is 35.5. The van der Waals surface area contributed by atoms with Crippen LogP contribution in [0.1, 0.15) is 6.42 Å². The highest BCUT2D eigenvalue weighted by Gasteiger charge is 2.23. The van der Waals surface area contributed by atoms with E-state index in [0.717, 1.165) is 31.0 Å². The van der Waals surface area contributed by atoms with Crippen LogP contribution in [0.3, 0.4) is 0 Å². The maximum atomic E-state index is 10.7. The monoisotopic (exact) mass is 297 g/mol. The van der Waals surface area contributed by atoms with Crippen LogP contribution in [0.15, 0.2) is 18.2 Å². The van der Waals surface area contributed by atoms with E-state index < -0.39 is 4.92 Å². The third-order valence-electron chi connectivity index (χ3n) is 3.58. The van der Waals surface area contributed by atoms with Crippen LogP contribution >= 0.6 is 12.4 Å². The first-order valence-corrected chi connectivity index (χ1v) is 6.26. The van der Waals surface area contributed by atoms with Crippen molar-refractivity contribution in [3.05, 3.63) is 28.3 Å². The minimum atomic E-state index is -0.403. The summed E-state index contributed by atoms with van der Waals surface area (Å²) in [5.74, 6) is 1.27. The van der Waals surface area contributed by atoms with Crippen LogP contribution in [-0.2, 0) is 0 Å². The number of hydrogen-bond donors (Lipinski definition) is 2. The molecular formula is C12H16ClN5O2. The topological polar surface area (TPSA) is 101 Å². The van der Waals surface area contributed by atoms with Gasteiger partial charge >= 0.3 is 0 Å². The van der Waals surface area contributed by atoms with Crippen molar-refractivity contribution in [1.29, 1.82) is 0 Å². The SMILES string of the molecule is Cl.NCC1CCN(c2nc3ccc([N+](=O)[O-])cc3[nH]2)C1. The Balaban J connectivity index is 0.00000147. The summed E-state index contributed by atoms with van der Waals surface area (Å²) in [6.07, 6.45) is 1.06. The second-order valence-corrected chi connectivity index (χ2v) is 4.86. The van der Waals surface area contributed by atoms with Gasteiger partial charge < -0.3 is 15.6 Å². The molecule has 3 rings (SSSR count). The molecule has 20 heavy (non-hydrogen) atoms. The molecule has 1 fully saturated rings. The van der Waals surface area contributed by atoms with E-state index in [-0.39, 0.29) is 18.1 Å². The van der Waals surface area contributed by atoms with E-state index in [4.69, 9.17) is 5.73 Å². The number of anilines is 1. The lowest BCUT2D eigenvalue weighted by molar-refractivity contribution is -0.384. The van der Waals surface area contributed by atoms with Crippen LogP contribution in [0.4, 0.5) is 11.6 Å². The Bertz CT molecular complexity index is 629. The summed E-state index contributed by atoms with van der Waals surface area (Å²) in [4.78, 5) is 20.1. The van der Waals surface area contributed by atoms with Gasteiger partial charge in [-0.05, 0) is 24.9 Å². The zero-order chi connectivity index (χ0) is 13.4. The smallest absolute Gasteiger partial charge is 0.271 e. The number of imidazole rings is 1. The van der Waals surface area contributed by atoms with Gasteiger partial charge in [0, 0.05) is 25.2 Å². The molecule has 0 saturated carbocycles. The lowest BCUT2D eigenvalue weighted by atomic mass is 10.1. The fraction of sp³-hybridized carbons (Fsp3) is 0.417. The fourth-order valence-corrected chi connectivity index (χ4v) is 2.46. The maximum absolute atomic E-state index is 10.7. The number of hydrogen-bond acceptors (Lipinski definition) is 5. The van der Waals surface area contributed by atoms with Gasteiger partial charge in [-0.3, -0.25) is 10.1 Å². The van der Waals surface area contributed by atoms with Gasteiger partial charge in [0.25, 0.3) is 5.69 Å². The number of nitrogens with zero attached hydrogens (tertiary/aromatic N) is 3. The number of benzene rings is 1. The number of H-pyrrole nitrogens is 1. The molecule has 108 valence electrons. The van der Waals surface area contributed by atoms with E-state index >= 15 is 0 Å². The third-order valence-corrected chi connectivity index (χ3v) is 3.58. The lowest BCUT2D eigenvalue weighted by Gasteiger charge is -2.14. The van der Waals surface area contributed by atoms with E-state index in [1.807, 2.05) is 0 Å². The summed E-state index contributed by atoms with van der Waals surface area (Å²) in [5.41, 5.74) is 7.19. The van der Waals surface area contributed by atoms with Gasteiger partial charge in [-0.15, -0.1) is 12.4 Å². The number of nitro groups is 1. The molecule has 2 heterocycles. The second kappa shape index (κ2) is 5.64. The van der Waals surface area contributed by atoms with Crippen LogP contribution in [-0.4, -0.2) is 34.5 Å². The normalized spacial score (nSPS) is 18.2. The van der Waals surface area contributed by atoms with Gasteiger partial charge in [0.05, 0.1) is 16.0 Å². The van der Waals surface area contributed by atoms with Crippen LogP contribution in [0.2, 0.25) is 0 Å². The number of halogens is 1. The molecule has 3 N–H and O–H groups in total. The Morgan fingerprint density at radius 1 is 1.55 bits per heavy atom. The molecule has 0 amide bonds. The molecular weight excluding hydrogens is 282 g/mol. The van der Waals surface area contributed by atoms with Crippen LogP contribution in [0.5, 0.6) is 0 Å². The standard InChI is InChI=1S/C12H15N5O2.ClH/c13-6-8-3-4-16(7-8)12-14-10-2-1-9(17(18)19)5-11(10)15-12;/h1-2,5,8H,3-4,6-7,13H2,(H,14,15);1H. The van der Waals surface area contributed by atoms with Crippen LogP contribution in [0.25, 0.3) is 11.0 Å². The predicted molar refractivity (Wildman–Crippen MR) is 79.4 cm³/mol. The fourth-order valence-electron chi connectivity index (χ4n) is 2.46. The molecule has 1 unspecified atom stereocenters. The number of fused-ring (bicyclic) bond motifs is 1. The molecule has 7 nitrogen and oxygen atoms in total. The molecule has 1 aromatic carbocycles. The molecule has 8 heteroatoms. The zero-order valence-electron chi connectivity index (χ0n) is 10.8. The first-order valence-electron chi connectivity index (χ1n) is 6.26. The highest BCUT2D eigenvalue weighted by Crippen LogP contribution is 2.25. The molecule has 0 radical (unpaired) electrons. The van der Waals surface area contributed by atoms with Gasteiger partial charge in [-0.2, -0.15) is 0 Å². The Kier molecular flexibility index (Phi) is 4.10. The Hall–Kier alpha value is -1.86. The molecule has 0 aliphatic carbocycles. The van der Waals surface area contributed by atoms with Crippen molar-refractivity contribution >= 4 is 35.1 Å². The lowest BCUT2D eigenvalue weighted by Crippen LogP contribution is -2.23. The first-order chi connectivity index (χ1) is 9.17. The maximum Gasteiger partial charge on any atom is 0.271 e. The van der Waals surface area contributed by atoms with E-state index in [1.165, 1.54) is 12.1 Å². The summed E-state index contributed by atoms with van der Waals surface area (Å²) in [6.45, 7) is 2.49. The van der Waals surface area contributed by atoms with Gasteiger partial charge in [0.15, 0.2) is 0 Å². The van der Waals surface area contributed by atoms with Crippen molar-refractivity contribution in [2.45, 2.75) is 6.42 Å². The van der Waals surface area contributed by atoms with Gasteiger partial charge in [0.1, 0.15) is 0 Å². The zero-order valence-corrected chi connectivity index (χ0v) is 11.6. The van der Waals surface area contributed by atoms with Gasteiger partial charge in [-0.1, -0.05) is 0 Å². The van der Waals surface area contributed by atoms with Crippen LogP contribution in [0, 0.1) is 16.0 Å². The number of nitrogens with two attached hydrogens (primary N) is 1. The average molecular weight is 298 g/mol. The van der Waals surface area contributed by atoms with E-state index in [0.29, 0.717) is 18.0 Å². The number of nitrogens with one attached hydrogen (secondary N) is 1. The summed E-state index contributed by atoms with van der Waals surface area (Å²) in [7, 11) is 0. The summed E-state index contributed by atoms with van der Waals surface area (Å²) in [6, 6.07) is 4.66. The second-order valence-electron chi connectivity index (χ2n) is 4.86. The number of aromatic amines is 1. The summed E-state index contributed by atoms with van der Waals surface area (Å²) < 4.78 is 0. The van der Waals surface area contributed by atoms with Gasteiger partial charge in [0.2, 0.25) is 5.95 Å².